The number of hydrogen-bond donors (Lipinski definition) is 3. The molecule has 0 saturated heterocycles. The Morgan fingerprint density at radius 2 is 1.94 bits per heavy atom. The molecule has 3 N–H and O–H groups in total. The minimum atomic E-state index is -3.01. The normalized spacial score (nSPS) is 14.5. The van der Waals surface area contributed by atoms with E-state index in [4.69, 9.17) is 4.74 Å². The van der Waals surface area contributed by atoms with Crippen molar-refractivity contribution in [3.8, 4) is 17.0 Å². The minimum absolute atomic E-state index is 0.0458. The van der Waals surface area contributed by atoms with Gasteiger partial charge in [-0.25, -0.2) is 4.98 Å². The highest BCUT2D eigenvalue weighted by Crippen LogP contribution is 2.56. The number of benzene rings is 2. The molecule has 178 valence electrons. The van der Waals surface area contributed by atoms with Gasteiger partial charge in [0.15, 0.2) is 0 Å². The smallest absolute Gasteiger partial charge is 0.269 e. The molecular weight excluding hydrogens is 472 g/mol. The number of amides is 1. The van der Waals surface area contributed by atoms with Gasteiger partial charge in [-0.1, -0.05) is 6.07 Å². The van der Waals surface area contributed by atoms with Gasteiger partial charge in [0, 0.05) is 41.1 Å². The molecule has 2 aromatic carbocycles. The monoisotopic (exact) mass is 492 g/mol. The molecule has 1 aliphatic rings. The summed E-state index contributed by atoms with van der Waals surface area (Å²) in [7, 11) is -1.46. The van der Waals surface area contributed by atoms with E-state index >= 15 is 0 Å². The van der Waals surface area contributed by atoms with Gasteiger partial charge in [-0.05, 0) is 42.0 Å². The molecule has 0 atom stereocenters. The number of imidazole rings is 1. The van der Waals surface area contributed by atoms with Crippen molar-refractivity contribution in [1.29, 1.82) is 0 Å². The highest BCUT2D eigenvalue weighted by molar-refractivity contribution is 8.27. The van der Waals surface area contributed by atoms with Crippen molar-refractivity contribution < 1.29 is 23.6 Å². The molecular formula is C24H20N4O6S. The fourth-order valence-corrected chi connectivity index (χ4v) is 5.22. The second-order valence-corrected chi connectivity index (χ2v) is 9.78. The fraction of sp³-hybridized carbons (Fsp3) is 0.0833. The molecule has 3 heterocycles. The molecule has 5 rings (SSSR count). The van der Waals surface area contributed by atoms with Crippen molar-refractivity contribution in [2.75, 3.05) is 12.4 Å². The standard InChI is InChI=1S/C24H20N4O6S/c1-34-19-8-10-27-20(24(26-22(27)13-19)16-3-6-18(7-4-16)28(30)31)14-23(29)25-17-5-2-15-9-11-35(32,33)21(15)12-17/h2-13,32-33H,14H2,1H3,(H,25,29). The van der Waals surface area contributed by atoms with E-state index in [0.29, 0.717) is 44.5 Å². The van der Waals surface area contributed by atoms with Crippen LogP contribution in [0.3, 0.4) is 0 Å². The first-order valence-corrected chi connectivity index (χ1v) is 12.1. The number of carbonyl (C=O) groups is 1. The third-order valence-corrected chi connectivity index (χ3v) is 7.19. The number of carbonyl (C=O) groups excluding carboxylic acids is 1. The van der Waals surface area contributed by atoms with Crippen LogP contribution in [0.1, 0.15) is 11.3 Å². The predicted octanol–water partition coefficient (Wildman–Crippen LogP) is 5.19. The van der Waals surface area contributed by atoms with Crippen LogP contribution in [0.5, 0.6) is 5.75 Å². The maximum atomic E-state index is 13.0. The number of rotatable bonds is 6. The second-order valence-electron chi connectivity index (χ2n) is 7.88. The molecule has 1 amide bonds. The number of nitro groups is 1. The summed E-state index contributed by atoms with van der Waals surface area (Å²) >= 11 is 0. The van der Waals surface area contributed by atoms with Crippen LogP contribution in [-0.2, 0) is 11.2 Å². The first-order valence-electron chi connectivity index (χ1n) is 10.5. The SMILES string of the molecule is COc1ccn2c(CC(=O)Nc3ccc4c(c3)S(O)(O)C=C4)c(-c3ccc([N+](=O)[O-])cc3)nc2c1. The molecule has 1 aliphatic heterocycles. The number of non-ortho nitro benzene ring substituents is 1. The molecule has 4 aromatic rings. The Kier molecular flexibility index (Phi) is 5.52. The highest BCUT2D eigenvalue weighted by atomic mass is 32.3. The van der Waals surface area contributed by atoms with Crippen LogP contribution in [-0.4, -0.2) is 36.4 Å². The lowest BCUT2D eigenvalue weighted by Crippen LogP contribution is -2.16. The molecule has 0 bridgehead atoms. The van der Waals surface area contributed by atoms with E-state index in [2.05, 4.69) is 10.3 Å². The van der Waals surface area contributed by atoms with Crippen LogP contribution in [0.15, 0.2) is 71.1 Å². The van der Waals surface area contributed by atoms with Gasteiger partial charge in [0.2, 0.25) is 5.91 Å². The van der Waals surface area contributed by atoms with Crippen LogP contribution in [0.2, 0.25) is 0 Å². The Morgan fingerprint density at radius 3 is 2.66 bits per heavy atom. The number of pyridine rings is 1. The Morgan fingerprint density at radius 1 is 1.17 bits per heavy atom. The zero-order valence-corrected chi connectivity index (χ0v) is 19.2. The third kappa shape index (κ3) is 4.23. The molecule has 35 heavy (non-hydrogen) atoms. The van der Waals surface area contributed by atoms with E-state index in [-0.39, 0.29) is 18.0 Å². The van der Waals surface area contributed by atoms with Gasteiger partial charge in [0.05, 0.1) is 34.7 Å². The predicted molar refractivity (Wildman–Crippen MR) is 133 cm³/mol. The van der Waals surface area contributed by atoms with E-state index in [9.17, 15) is 24.0 Å². The van der Waals surface area contributed by atoms with Gasteiger partial charge < -0.3 is 14.5 Å². The van der Waals surface area contributed by atoms with Crippen molar-refractivity contribution in [1.82, 2.24) is 9.38 Å². The van der Waals surface area contributed by atoms with Crippen LogP contribution in [0, 0.1) is 10.1 Å². The lowest BCUT2D eigenvalue weighted by Gasteiger charge is -2.25. The number of aromatic nitrogens is 2. The summed E-state index contributed by atoms with van der Waals surface area (Å²) in [5, 5.41) is 15.2. The number of anilines is 1. The van der Waals surface area contributed by atoms with E-state index in [1.54, 1.807) is 66.2 Å². The van der Waals surface area contributed by atoms with Crippen LogP contribution in [0.4, 0.5) is 11.4 Å². The maximum absolute atomic E-state index is 13.0. The molecule has 11 heteroatoms. The van der Waals surface area contributed by atoms with E-state index < -0.39 is 15.5 Å². The van der Waals surface area contributed by atoms with Crippen molar-refractivity contribution in [2.45, 2.75) is 11.3 Å². The van der Waals surface area contributed by atoms with Gasteiger partial charge in [0.1, 0.15) is 11.4 Å². The van der Waals surface area contributed by atoms with E-state index in [1.165, 1.54) is 17.5 Å². The number of ether oxygens (including phenoxy) is 1. The maximum Gasteiger partial charge on any atom is 0.269 e. The van der Waals surface area contributed by atoms with Gasteiger partial charge >= 0.3 is 0 Å². The van der Waals surface area contributed by atoms with Crippen molar-refractivity contribution in [3.63, 3.8) is 0 Å². The Bertz CT molecular complexity index is 1510. The number of fused-ring (bicyclic) bond motifs is 2. The molecule has 0 saturated carbocycles. The third-order valence-electron chi connectivity index (χ3n) is 5.67. The summed E-state index contributed by atoms with van der Waals surface area (Å²) in [6.45, 7) is 0. The Hall–Kier alpha value is -4.19. The molecule has 10 nitrogen and oxygen atoms in total. The topological polar surface area (TPSA) is 139 Å². The van der Waals surface area contributed by atoms with Crippen LogP contribution >= 0.6 is 10.6 Å². The molecule has 2 aromatic heterocycles. The Labute approximate surface area is 201 Å². The molecule has 0 unspecified atom stereocenters. The summed E-state index contributed by atoms with van der Waals surface area (Å²) in [4.78, 5) is 28.6. The second kappa shape index (κ2) is 8.55. The molecule has 0 aliphatic carbocycles. The molecule has 0 radical (unpaired) electrons. The highest BCUT2D eigenvalue weighted by Gasteiger charge is 2.23. The zero-order chi connectivity index (χ0) is 24.7. The van der Waals surface area contributed by atoms with E-state index in [0.717, 1.165) is 0 Å². The first-order chi connectivity index (χ1) is 16.7. The largest absolute Gasteiger partial charge is 0.497 e. The average Bonchev–Trinajstić information content (AvgIpc) is 3.35. The minimum Gasteiger partial charge on any atom is -0.497 e. The van der Waals surface area contributed by atoms with E-state index in [1.807, 2.05) is 0 Å². The summed E-state index contributed by atoms with van der Waals surface area (Å²) in [5.41, 5.74) is 3.35. The van der Waals surface area contributed by atoms with Gasteiger partial charge in [-0.15, -0.1) is 10.6 Å². The van der Waals surface area contributed by atoms with Gasteiger partial charge in [-0.2, -0.15) is 0 Å². The Balaban J connectivity index is 1.49. The zero-order valence-electron chi connectivity index (χ0n) is 18.4. The summed E-state index contributed by atoms with van der Waals surface area (Å²) < 4.78 is 27.4. The first kappa shape index (κ1) is 22.6. The van der Waals surface area contributed by atoms with Crippen molar-refractivity contribution >= 4 is 39.6 Å². The number of nitrogens with one attached hydrogen (secondary N) is 1. The number of methoxy groups -OCH3 is 1. The summed E-state index contributed by atoms with van der Waals surface area (Å²) in [6.07, 6.45) is 3.33. The summed E-state index contributed by atoms with van der Waals surface area (Å²) in [5.74, 6) is 0.257. The summed E-state index contributed by atoms with van der Waals surface area (Å²) in [6, 6.07) is 14.4. The number of hydrogen-bond acceptors (Lipinski definition) is 7. The number of nitro benzene ring substituents is 1. The van der Waals surface area contributed by atoms with Crippen molar-refractivity contribution in [3.05, 3.63) is 87.6 Å². The van der Waals surface area contributed by atoms with Gasteiger partial charge in [0.25, 0.3) is 5.69 Å². The lowest BCUT2D eigenvalue weighted by molar-refractivity contribution is -0.384. The average molecular weight is 493 g/mol. The quantitative estimate of drug-likeness (QED) is 0.248. The lowest BCUT2D eigenvalue weighted by atomic mass is 10.1. The number of nitrogens with zero attached hydrogens (tertiary/aromatic N) is 3. The van der Waals surface area contributed by atoms with Gasteiger partial charge in [-0.3, -0.25) is 24.0 Å². The van der Waals surface area contributed by atoms with Crippen LogP contribution < -0.4 is 10.1 Å². The fourth-order valence-electron chi connectivity index (χ4n) is 3.95. The van der Waals surface area contributed by atoms with Crippen LogP contribution in [0.25, 0.3) is 23.0 Å². The molecule has 0 spiro atoms. The van der Waals surface area contributed by atoms with Crippen molar-refractivity contribution in [2.24, 2.45) is 0 Å². The molecule has 0 fully saturated rings.